The Balaban J connectivity index is 1.71. The Hall–Kier alpha value is -2.70. The van der Waals surface area contributed by atoms with Crippen molar-refractivity contribution in [2.24, 2.45) is 0 Å². The van der Waals surface area contributed by atoms with Crippen molar-refractivity contribution in [2.45, 2.75) is 34.3 Å². The highest BCUT2D eigenvalue weighted by Gasteiger charge is 2.14. The lowest BCUT2D eigenvalue weighted by Crippen LogP contribution is -2.33. The molecule has 1 amide bonds. The number of aliphatic hydroxyl groups excluding tert-OH is 1. The number of likely N-dealkylation sites (N-methyl/N-ethyl adjacent to an activating group) is 1. The number of amides is 1. The van der Waals surface area contributed by atoms with E-state index in [4.69, 9.17) is 0 Å². The van der Waals surface area contributed by atoms with Crippen LogP contribution >= 0.6 is 11.3 Å². The van der Waals surface area contributed by atoms with Gasteiger partial charge in [0.25, 0.3) is 0 Å². The lowest BCUT2D eigenvalue weighted by Gasteiger charge is -2.22. The molecule has 152 valence electrons. The molecule has 6 heteroatoms. The zero-order chi connectivity index (χ0) is 21.0. The normalized spacial score (nSPS) is 10.8. The average Bonchev–Trinajstić information content (AvgIpc) is 3.13. The predicted octanol–water partition coefficient (Wildman–Crippen LogP) is 4.69. The first-order chi connectivity index (χ1) is 13.9. The summed E-state index contributed by atoms with van der Waals surface area (Å²) in [6.45, 7) is 9.17. The molecule has 5 nitrogen and oxygen atoms in total. The third kappa shape index (κ3) is 5.02. The Labute approximate surface area is 176 Å². The van der Waals surface area contributed by atoms with E-state index in [2.05, 4.69) is 43.2 Å². The first kappa shape index (κ1) is 21.0. The zero-order valence-electron chi connectivity index (χ0n) is 17.3. The minimum atomic E-state index is -0.112. The molecular formula is C23H27N3O2S. The number of carbonyl (C=O) groups excluding carboxylic acids is 1. The van der Waals surface area contributed by atoms with Crippen LogP contribution in [0.15, 0.2) is 41.8 Å². The fraction of sp³-hybridized carbons (Fsp3) is 0.304. The van der Waals surface area contributed by atoms with Crippen molar-refractivity contribution in [1.82, 2.24) is 4.98 Å². The second kappa shape index (κ2) is 9.20. The Kier molecular flexibility index (Phi) is 6.67. The molecule has 0 aliphatic heterocycles. The number of thiazole rings is 1. The van der Waals surface area contributed by atoms with Gasteiger partial charge in [-0.15, -0.1) is 11.3 Å². The van der Waals surface area contributed by atoms with E-state index in [9.17, 15) is 9.90 Å². The SMILES string of the molecule is CCN(CC(=O)Nc1nc(-c2c(C)cc(C)cc2C)cs1)c1cccc(CO)c1. The molecule has 0 aliphatic carbocycles. The van der Waals surface area contributed by atoms with Crippen LogP contribution in [0, 0.1) is 20.8 Å². The highest BCUT2D eigenvalue weighted by Crippen LogP contribution is 2.31. The summed E-state index contributed by atoms with van der Waals surface area (Å²) in [4.78, 5) is 19.2. The molecule has 29 heavy (non-hydrogen) atoms. The van der Waals surface area contributed by atoms with Gasteiger partial charge in [-0.3, -0.25) is 4.79 Å². The first-order valence-corrected chi connectivity index (χ1v) is 10.6. The summed E-state index contributed by atoms with van der Waals surface area (Å²) in [5, 5.41) is 14.9. The average molecular weight is 410 g/mol. The summed E-state index contributed by atoms with van der Waals surface area (Å²) in [6, 6.07) is 11.9. The van der Waals surface area contributed by atoms with Gasteiger partial charge in [-0.1, -0.05) is 29.8 Å². The van der Waals surface area contributed by atoms with Gasteiger partial charge in [0.15, 0.2) is 5.13 Å². The third-order valence-corrected chi connectivity index (χ3v) is 5.62. The van der Waals surface area contributed by atoms with E-state index in [-0.39, 0.29) is 19.1 Å². The summed E-state index contributed by atoms with van der Waals surface area (Å²) in [7, 11) is 0. The van der Waals surface area contributed by atoms with Crippen molar-refractivity contribution in [1.29, 1.82) is 0 Å². The molecule has 0 radical (unpaired) electrons. The number of benzene rings is 2. The summed E-state index contributed by atoms with van der Waals surface area (Å²) in [5.74, 6) is -0.112. The predicted molar refractivity (Wildman–Crippen MR) is 121 cm³/mol. The quantitative estimate of drug-likeness (QED) is 0.594. The third-order valence-electron chi connectivity index (χ3n) is 4.86. The standard InChI is InChI=1S/C23H27N3O2S/c1-5-26(19-8-6-7-18(11-19)13-27)12-21(28)25-23-24-20(14-29-23)22-16(3)9-15(2)10-17(22)4/h6-11,14,27H,5,12-13H2,1-4H3,(H,24,25,28). The Bertz CT molecular complexity index is 990. The number of aliphatic hydroxyl groups is 1. The number of hydrogen-bond acceptors (Lipinski definition) is 5. The summed E-state index contributed by atoms with van der Waals surface area (Å²) in [5.41, 5.74) is 7.37. The van der Waals surface area contributed by atoms with Crippen LogP contribution in [-0.2, 0) is 11.4 Å². The lowest BCUT2D eigenvalue weighted by molar-refractivity contribution is -0.115. The molecule has 0 saturated heterocycles. The molecule has 0 spiro atoms. The summed E-state index contributed by atoms with van der Waals surface area (Å²) in [6.07, 6.45) is 0. The lowest BCUT2D eigenvalue weighted by atomic mass is 9.98. The van der Waals surface area contributed by atoms with E-state index in [0.29, 0.717) is 11.7 Å². The Morgan fingerprint density at radius 2 is 1.90 bits per heavy atom. The molecule has 0 atom stereocenters. The molecule has 0 bridgehead atoms. The second-order valence-corrected chi connectivity index (χ2v) is 8.06. The van der Waals surface area contributed by atoms with E-state index < -0.39 is 0 Å². The van der Waals surface area contributed by atoms with Crippen LogP contribution in [0.25, 0.3) is 11.3 Å². The van der Waals surface area contributed by atoms with Crippen LogP contribution in [0.1, 0.15) is 29.2 Å². The minimum Gasteiger partial charge on any atom is -0.392 e. The molecular weight excluding hydrogens is 382 g/mol. The monoisotopic (exact) mass is 409 g/mol. The number of nitrogens with zero attached hydrogens (tertiary/aromatic N) is 2. The highest BCUT2D eigenvalue weighted by molar-refractivity contribution is 7.14. The highest BCUT2D eigenvalue weighted by atomic mass is 32.1. The smallest absolute Gasteiger partial charge is 0.245 e. The van der Waals surface area contributed by atoms with Crippen molar-refractivity contribution in [3.8, 4) is 11.3 Å². The molecule has 2 N–H and O–H groups in total. The molecule has 1 aromatic heterocycles. The number of aromatic nitrogens is 1. The van der Waals surface area contributed by atoms with Gasteiger partial charge in [-0.2, -0.15) is 0 Å². The van der Waals surface area contributed by atoms with Crippen molar-refractivity contribution in [3.63, 3.8) is 0 Å². The maximum atomic E-state index is 12.6. The van der Waals surface area contributed by atoms with E-state index in [0.717, 1.165) is 22.5 Å². The second-order valence-electron chi connectivity index (χ2n) is 7.20. The van der Waals surface area contributed by atoms with E-state index >= 15 is 0 Å². The number of carbonyl (C=O) groups is 1. The van der Waals surface area contributed by atoms with Gasteiger partial charge in [-0.05, 0) is 56.5 Å². The van der Waals surface area contributed by atoms with Crippen molar-refractivity contribution in [3.05, 3.63) is 64.0 Å². The maximum Gasteiger partial charge on any atom is 0.245 e. The van der Waals surface area contributed by atoms with Crippen LogP contribution in [0.2, 0.25) is 0 Å². The maximum absolute atomic E-state index is 12.6. The van der Waals surface area contributed by atoms with Gasteiger partial charge in [0.2, 0.25) is 5.91 Å². The number of rotatable bonds is 7. The van der Waals surface area contributed by atoms with Gasteiger partial charge < -0.3 is 15.3 Å². The van der Waals surface area contributed by atoms with E-state index in [1.165, 1.54) is 28.0 Å². The van der Waals surface area contributed by atoms with Gasteiger partial charge >= 0.3 is 0 Å². The van der Waals surface area contributed by atoms with Crippen molar-refractivity contribution in [2.75, 3.05) is 23.3 Å². The van der Waals surface area contributed by atoms with Gasteiger partial charge in [0, 0.05) is 23.2 Å². The molecule has 0 saturated carbocycles. The molecule has 1 heterocycles. The molecule has 2 aromatic carbocycles. The van der Waals surface area contributed by atoms with E-state index in [1.807, 2.05) is 41.5 Å². The van der Waals surface area contributed by atoms with Gasteiger partial charge in [0.05, 0.1) is 18.8 Å². The fourth-order valence-electron chi connectivity index (χ4n) is 3.60. The Morgan fingerprint density at radius 1 is 1.17 bits per heavy atom. The molecule has 0 unspecified atom stereocenters. The number of anilines is 2. The molecule has 0 fully saturated rings. The van der Waals surface area contributed by atoms with Crippen LogP contribution in [0.5, 0.6) is 0 Å². The van der Waals surface area contributed by atoms with Crippen molar-refractivity contribution < 1.29 is 9.90 Å². The zero-order valence-corrected chi connectivity index (χ0v) is 18.1. The molecule has 0 aliphatic rings. The van der Waals surface area contributed by atoms with Gasteiger partial charge in [-0.25, -0.2) is 4.98 Å². The minimum absolute atomic E-state index is 0.0165. The van der Waals surface area contributed by atoms with Gasteiger partial charge in [0.1, 0.15) is 0 Å². The van der Waals surface area contributed by atoms with Crippen molar-refractivity contribution >= 4 is 28.1 Å². The van der Waals surface area contributed by atoms with Crippen LogP contribution in [-0.4, -0.2) is 29.1 Å². The Morgan fingerprint density at radius 3 is 2.55 bits per heavy atom. The molecule has 3 aromatic rings. The van der Waals surface area contributed by atoms with E-state index in [1.54, 1.807) is 0 Å². The largest absolute Gasteiger partial charge is 0.392 e. The number of aryl methyl sites for hydroxylation is 3. The van der Waals surface area contributed by atoms with Crippen LogP contribution in [0.3, 0.4) is 0 Å². The summed E-state index contributed by atoms with van der Waals surface area (Å²) < 4.78 is 0. The number of hydrogen-bond donors (Lipinski definition) is 2. The number of nitrogens with one attached hydrogen (secondary N) is 1. The molecule has 3 rings (SSSR count). The van der Waals surface area contributed by atoms with Crippen LogP contribution in [0.4, 0.5) is 10.8 Å². The topological polar surface area (TPSA) is 65.5 Å². The first-order valence-electron chi connectivity index (χ1n) is 9.69. The van der Waals surface area contributed by atoms with Crippen LogP contribution < -0.4 is 10.2 Å². The summed E-state index contributed by atoms with van der Waals surface area (Å²) >= 11 is 1.44. The fourth-order valence-corrected chi connectivity index (χ4v) is 4.32.